The summed E-state index contributed by atoms with van der Waals surface area (Å²) in [4.78, 5) is 0. The molecule has 9 aliphatic rings. The summed E-state index contributed by atoms with van der Waals surface area (Å²) in [6.45, 7) is 15.6. The molecule has 0 heterocycles. The average molecular weight is 1730 g/mol. The summed E-state index contributed by atoms with van der Waals surface area (Å²) in [6, 6.07) is 96.9. The van der Waals surface area contributed by atoms with E-state index in [1.54, 1.807) is 50.1 Å². The van der Waals surface area contributed by atoms with E-state index in [-0.39, 0.29) is 24.8 Å². The average Bonchev–Trinajstić information content (AvgIpc) is 1.58. The van der Waals surface area contributed by atoms with Crippen molar-refractivity contribution in [1.82, 2.24) is 0 Å². The molecular weight excluding hydrogens is 1640 g/mol. The maximum Gasteiger partial charge on any atom is -1.00 e. The van der Waals surface area contributed by atoms with Crippen LogP contribution in [0, 0.1) is 0 Å². The van der Waals surface area contributed by atoms with Crippen LogP contribution in [-0.2, 0) is 64.2 Å². The molecule has 0 aromatic heterocycles. The van der Waals surface area contributed by atoms with Gasteiger partial charge in [0.2, 0.25) is 0 Å². The smallest absolute Gasteiger partial charge is 1.00 e. The standard InChI is InChI=1S/3C31H21.3C2H7Si.2CH3.2ClH.3Zr/c3*1-4-10-23-20(7-1)13-15-26(23)29-18-17-27-25-12-6-3-9-22(25)19-30(27)31(29)28-16-14-21-8-2-5-11-24(21)28;3*1-3-2;;;;;;;/h3*1-19,26,28H;3*3H,1-2H3;2*1H3;2*1H;;;/q;;;;;;;;;;;2*+2/p-2. The van der Waals surface area contributed by atoms with Crippen molar-refractivity contribution in [3.63, 3.8) is 0 Å². The third-order valence-corrected chi connectivity index (χ3v) is 77.2. The second-order valence-corrected chi connectivity index (χ2v) is 92.6. The molecule has 530 valence electrons. The van der Waals surface area contributed by atoms with Gasteiger partial charge < -0.3 is 24.8 Å². The molecule has 0 spiro atoms. The van der Waals surface area contributed by atoms with Crippen LogP contribution in [-0.4, -0.2) is 17.8 Å². The molecule has 0 aliphatic heterocycles. The van der Waals surface area contributed by atoms with Crippen LogP contribution in [0.15, 0.2) is 291 Å². The molecule has 12 aromatic carbocycles. The van der Waals surface area contributed by atoms with Crippen LogP contribution in [0.1, 0.15) is 180 Å². The van der Waals surface area contributed by atoms with Crippen LogP contribution >= 0.6 is 0 Å². The van der Waals surface area contributed by atoms with E-state index in [2.05, 4.69) is 376 Å². The number of fused-ring (bicyclic) bond motifs is 15. The number of hydrogen-bond acceptors (Lipinski definition) is 0. The van der Waals surface area contributed by atoms with Gasteiger partial charge in [0.15, 0.2) is 0 Å². The molecule has 0 radical (unpaired) electrons. The second-order valence-electron chi connectivity index (χ2n) is 32.6. The van der Waals surface area contributed by atoms with Crippen LogP contribution in [0.4, 0.5) is 0 Å². The Morgan fingerprint density at radius 1 is 0.229 bits per heavy atom. The van der Waals surface area contributed by atoms with E-state index in [4.69, 9.17) is 0 Å². The minimum atomic E-state index is -2.49. The van der Waals surface area contributed by atoms with Crippen molar-refractivity contribution >= 4 is 54.2 Å². The van der Waals surface area contributed by atoms with Gasteiger partial charge in [0.1, 0.15) is 0 Å². The fourth-order valence-corrected chi connectivity index (χ4v) is 52.6. The van der Waals surface area contributed by atoms with E-state index < -0.39 is 82.0 Å². The number of hydrogen-bond donors (Lipinski definition) is 0. The molecule has 0 fully saturated rings. The Hall–Kier alpha value is -7.04. The van der Waals surface area contributed by atoms with Crippen molar-refractivity contribution in [1.29, 1.82) is 0 Å². The Bertz CT molecular complexity index is 5560. The zero-order valence-corrected chi connectivity index (χ0v) is 75.7. The Morgan fingerprint density at radius 3 is 0.771 bits per heavy atom. The van der Waals surface area contributed by atoms with Gasteiger partial charge in [0, 0.05) is 0 Å². The SMILES string of the molecule is C[SiH](C)[Zr+2][CH]1c2ccccc2-c2ccc(C3C=Cc4ccccc43)c(C3C=Cc4ccccc43)c21.C[SiH](C)[Zr+2][CH]1c2ccccc2-c2ccc(C3C=Cc4ccccc43)c(C3C=Cc4ccccc43)c21.C[SiH](C)[Zr]([CH3])([CH3])[CH]1c2ccccc2-c2ccc(C3C=Cc4ccccc43)c(C3C=Cc4ccccc43)c21.[Cl-].[Cl-]. The fourth-order valence-electron chi connectivity index (χ4n) is 20.1. The van der Waals surface area contributed by atoms with Gasteiger partial charge in [-0.25, -0.2) is 0 Å². The molecule has 0 N–H and O–H groups in total. The molecule has 8 heteroatoms. The van der Waals surface area contributed by atoms with Crippen molar-refractivity contribution in [2.45, 2.75) is 94.9 Å². The maximum atomic E-state index is 2.75. The van der Waals surface area contributed by atoms with Crippen LogP contribution in [0.5, 0.6) is 0 Å². The van der Waals surface area contributed by atoms with Crippen molar-refractivity contribution in [3.8, 4) is 33.4 Å². The summed E-state index contributed by atoms with van der Waals surface area (Å²) in [6.07, 6.45) is 28.9. The Kier molecular flexibility index (Phi) is 21.1. The van der Waals surface area contributed by atoms with Crippen LogP contribution in [0.3, 0.4) is 0 Å². The predicted octanol–water partition coefficient (Wildman–Crippen LogP) is 19.6. The molecule has 0 bridgehead atoms. The van der Waals surface area contributed by atoms with Gasteiger partial charge in [-0.3, -0.25) is 0 Å². The van der Waals surface area contributed by atoms with E-state index in [0.29, 0.717) is 46.4 Å². The third-order valence-electron chi connectivity index (χ3n) is 25.5. The van der Waals surface area contributed by atoms with E-state index in [9.17, 15) is 0 Å². The summed E-state index contributed by atoms with van der Waals surface area (Å²) < 4.78 is 7.48. The summed E-state index contributed by atoms with van der Waals surface area (Å²) in [5.41, 5.74) is 45.3. The first kappa shape index (κ1) is 74.7. The summed E-state index contributed by atoms with van der Waals surface area (Å²) in [5, 5.41) is 0. The largest absolute Gasteiger partial charge is 1.00 e. The van der Waals surface area contributed by atoms with Crippen molar-refractivity contribution < 1.29 is 89.0 Å². The number of rotatable bonds is 12. The van der Waals surface area contributed by atoms with Crippen LogP contribution in [0.25, 0.3) is 69.8 Å². The van der Waals surface area contributed by atoms with Gasteiger partial charge in [-0.1, -0.05) is 0 Å². The number of halogens is 2. The van der Waals surface area contributed by atoms with Gasteiger partial charge in [0.25, 0.3) is 0 Å². The summed E-state index contributed by atoms with van der Waals surface area (Å²) in [7, 11) is 0. The number of allylic oxidation sites excluding steroid dienone is 6. The van der Waals surface area contributed by atoms with E-state index in [1.807, 2.05) is 0 Å². The van der Waals surface area contributed by atoms with Crippen molar-refractivity contribution in [2.75, 3.05) is 0 Å². The summed E-state index contributed by atoms with van der Waals surface area (Å²) >= 11 is -3.61. The van der Waals surface area contributed by atoms with E-state index in [1.165, 1.54) is 117 Å². The van der Waals surface area contributed by atoms with Gasteiger partial charge in [-0.05, 0) is 0 Å². The summed E-state index contributed by atoms with van der Waals surface area (Å²) in [5.74, 6) is -0.0679. The fraction of sp³-hybridized carbons (Fsp3) is 0.168. The van der Waals surface area contributed by atoms with Crippen LogP contribution in [0.2, 0.25) is 48.5 Å². The molecule has 9 aliphatic carbocycles. The molecule has 9 atom stereocenters. The minimum absolute atomic E-state index is 0. The first-order valence-electron chi connectivity index (χ1n) is 39.3. The molecule has 0 nitrogen and oxygen atoms in total. The Balaban J connectivity index is 0.000000118. The van der Waals surface area contributed by atoms with Crippen molar-refractivity contribution in [3.05, 3.63) is 425 Å². The van der Waals surface area contributed by atoms with Gasteiger partial charge in [-0.2, -0.15) is 0 Å². The molecule has 21 rings (SSSR count). The normalized spacial score (nSPS) is 20.2. The monoisotopic (exact) mass is 1730 g/mol. The Morgan fingerprint density at radius 2 is 0.468 bits per heavy atom. The van der Waals surface area contributed by atoms with Gasteiger partial charge in [-0.15, -0.1) is 0 Å². The molecule has 12 aromatic rings. The first-order chi connectivity index (χ1) is 52.4. The topological polar surface area (TPSA) is 0 Å². The maximum absolute atomic E-state index is 2.75. The molecule has 0 saturated carbocycles. The third kappa shape index (κ3) is 12.9. The number of benzene rings is 12. The molecule has 109 heavy (non-hydrogen) atoms. The van der Waals surface area contributed by atoms with Gasteiger partial charge in [0.05, 0.1) is 0 Å². The molecular formula is C101H90Cl2Si3Zr3+2. The second kappa shape index (κ2) is 30.8. The predicted molar refractivity (Wildman–Crippen MR) is 453 cm³/mol. The molecule has 0 saturated heterocycles. The van der Waals surface area contributed by atoms with Gasteiger partial charge >= 0.3 is 672 Å². The van der Waals surface area contributed by atoms with E-state index in [0.717, 1.165) is 0 Å². The first-order valence-corrected chi connectivity index (χ1v) is 69.9. The Labute approximate surface area is 688 Å². The zero-order valence-electron chi connectivity index (χ0n) is 63.4. The minimum Gasteiger partial charge on any atom is -1.00 e. The zero-order chi connectivity index (χ0) is 72.3. The van der Waals surface area contributed by atoms with Crippen molar-refractivity contribution in [2.24, 2.45) is 0 Å². The van der Waals surface area contributed by atoms with Crippen LogP contribution < -0.4 is 24.8 Å². The quantitative estimate of drug-likeness (QED) is 0.107. The molecule has 0 amide bonds. The van der Waals surface area contributed by atoms with E-state index >= 15 is 0 Å². The molecule has 9 unspecified atom stereocenters.